The van der Waals surface area contributed by atoms with Gasteiger partial charge < -0.3 is 4.67 Å². The second kappa shape index (κ2) is 5.81. The van der Waals surface area contributed by atoms with Crippen LogP contribution in [0.2, 0.25) is 0 Å². The molecule has 0 fully saturated rings. The molecule has 0 spiro atoms. The molecule has 2 rings (SSSR count). The van der Waals surface area contributed by atoms with Gasteiger partial charge in [-0.25, -0.2) is 0 Å². The topological polar surface area (TPSA) is 3.24 Å². The highest BCUT2D eigenvalue weighted by molar-refractivity contribution is 9.69. The van der Waals surface area contributed by atoms with Crippen molar-refractivity contribution in [3.63, 3.8) is 0 Å². The minimum atomic E-state index is -0.558. The van der Waals surface area contributed by atoms with Gasteiger partial charge in [0.1, 0.15) is 5.48 Å². The van der Waals surface area contributed by atoms with Gasteiger partial charge in [0.25, 0.3) is 0 Å². The maximum Gasteiger partial charge on any atom is 0.139 e. The van der Waals surface area contributed by atoms with Crippen LogP contribution in [0.25, 0.3) is 0 Å². The molecule has 0 unspecified atom stereocenters. The molecule has 2 aromatic rings. The quantitative estimate of drug-likeness (QED) is 0.623. The molecule has 0 saturated carbocycles. The monoisotopic (exact) mass is 357 g/mol. The number of rotatable bonds is 3. The molecule has 4 heteroatoms. The van der Waals surface area contributed by atoms with Crippen molar-refractivity contribution >= 4 is 47.8 Å². The number of anilines is 2. The highest BCUT2D eigenvalue weighted by Crippen LogP contribution is 2.60. The largest absolute Gasteiger partial charge is 0.302 e. The fraction of sp³-hybridized carbons (Fsp3) is 0. The second-order valence-corrected chi connectivity index (χ2v) is 10.9. The van der Waals surface area contributed by atoms with Crippen LogP contribution in [0.5, 0.6) is 0 Å². The van der Waals surface area contributed by atoms with Gasteiger partial charge in [0, 0.05) is 11.4 Å². The lowest BCUT2D eigenvalue weighted by Gasteiger charge is -2.25. The number of para-hydroxylation sites is 2. The molecule has 0 atom stereocenters. The van der Waals surface area contributed by atoms with E-state index < -0.39 is 5.48 Å². The van der Waals surface area contributed by atoms with Crippen molar-refractivity contribution in [3.8, 4) is 0 Å². The maximum absolute atomic E-state index is 3.62. The van der Waals surface area contributed by atoms with Crippen LogP contribution < -0.4 is 4.67 Å². The molecule has 0 heterocycles. The molecule has 0 aliphatic heterocycles. The Morgan fingerprint density at radius 1 is 0.688 bits per heavy atom. The minimum Gasteiger partial charge on any atom is -0.302 e. The first-order valence-electron chi connectivity index (χ1n) is 4.81. The molecule has 0 amide bonds. The highest BCUT2D eigenvalue weighted by atomic mass is 79.9. The van der Waals surface area contributed by atoms with Gasteiger partial charge in [-0.15, -0.1) is 0 Å². The third-order valence-corrected chi connectivity index (χ3v) is 4.82. The third-order valence-electron chi connectivity index (χ3n) is 2.15. The number of hydrogen-bond acceptors (Lipinski definition) is 1. The van der Waals surface area contributed by atoms with Crippen LogP contribution in [-0.4, -0.2) is 0 Å². The molecule has 2 aromatic carbocycles. The predicted octanol–water partition coefficient (Wildman–Crippen LogP) is 5.84. The summed E-state index contributed by atoms with van der Waals surface area (Å²) in [5, 5.41) is 0. The zero-order valence-corrected chi connectivity index (χ0v) is 12.5. The summed E-state index contributed by atoms with van der Waals surface area (Å²) in [4.78, 5) is 0. The first-order valence-corrected chi connectivity index (χ1v) is 10.1. The molecule has 0 bridgehead atoms. The Labute approximate surface area is 113 Å². The van der Waals surface area contributed by atoms with Gasteiger partial charge in [-0.3, -0.25) is 0 Å². The van der Waals surface area contributed by atoms with E-state index in [4.69, 9.17) is 0 Å². The molecule has 0 radical (unpaired) electrons. The lowest BCUT2D eigenvalue weighted by Crippen LogP contribution is -2.04. The molecule has 1 nitrogen and oxygen atoms in total. The van der Waals surface area contributed by atoms with Gasteiger partial charge in [0.15, 0.2) is 0 Å². The van der Waals surface area contributed by atoms with Crippen LogP contribution in [-0.2, 0) is 0 Å². The van der Waals surface area contributed by atoms with Gasteiger partial charge in [0.2, 0.25) is 0 Å². The van der Waals surface area contributed by atoms with Crippen LogP contribution in [0.4, 0.5) is 11.4 Å². The molecule has 16 heavy (non-hydrogen) atoms. The smallest absolute Gasteiger partial charge is 0.139 e. The first kappa shape index (κ1) is 12.1. The Bertz CT molecular complexity index is 394. The number of halogens is 2. The van der Waals surface area contributed by atoms with Gasteiger partial charge in [-0.2, -0.15) is 0 Å². The van der Waals surface area contributed by atoms with E-state index in [1.807, 2.05) is 36.4 Å². The summed E-state index contributed by atoms with van der Waals surface area (Å²) in [7, 11) is 0. The van der Waals surface area contributed by atoms with Crippen LogP contribution >= 0.6 is 36.5 Å². The van der Waals surface area contributed by atoms with Gasteiger partial charge >= 0.3 is 0 Å². The number of benzene rings is 2. The third kappa shape index (κ3) is 2.85. The van der Waals surface area contributed by atoms with Crippen molar-refractivity contribution in [3.05, 3.63) is 60.7 Å². The van der Waals surface area contributed by atoms with Gasteiger partial charge in [-0.05, 0) is 55.2 Å². The Kier molecular flexibility index (Phi) is 4.39. The van der Waals surface area contributed by atoms with E-state index in [-0.39, 0.29) is 0 Å². The molecular weight excluding hydrogens is 349 g/mol. The lowest BCUT2D eigenvalue weighted by molar-refractivity contribution is 1.43. The van der Waals surface area contributed by atoms with Crippen molar-refractivity contribution in [2.24, 2.45) is 0 Å². The standard InChI is InChI=1S/C12H10Br2NP/c13-16(14)15(11-7-3-1-4-8-11)12-9-5-2-6-10-12/h1-10H. The molecule has 0 aliphatic rings. The predicted molar refractivity (Wildman–Crippen MR) is 79.8 cm³/mol. The lowest BCUT2D eigenvalue weighted by atomic mass is 10.3. The average Bonchev–Trinajstić information content (AvgIpc) is 2.31. The summed E-state index contributed by atoms with van der Waals surface area (Å²) in [6, 6.07) is 20.6. The van der Waals surface area contributed by atoms with E-state index in [2.05, 4.69) is 59.9 Å². The second-order valence-electron chi connectivity index (χ2n) is 3.20. The van der Waals surface area contributed by atoms with Crippen molar-refractivity contribution in [1.82, 2.24) is 0 Å². The highest BCUT2D eigenvalue weighted by Gasteiger charge is 2.14. The molecule has 0 aromatic heterocycles. The summed E-state index contributed by atoms with van der Waals surface area (Å²) in [6.45, 7) is 0. The van der Waals surface area contributed by atoms with Gasteiger partial charge in [0.05, 0.1) is 0 Å². The number of hydrogen-bond donors (Lipinski definition) is 0. The SMILES string of the molecule is BrP(Br)N(c1ccccc1)c1ccccc1. The van der Waals surface area contributed by atoms with Crippen molar-refractivity contribution in [2.45, 2.75) is 0 Å². The average molecular weight is 359 g/mol. The normalized spacial score (nSPS) is 10.4. The first-order chi connectivity index (χ1) is 7.79. The van der Waals surface area contributed by atoms with E-state index in [1.54, 1.807) is 0 Å². The van der Waals surface area contributed by atoms with E-state index in [1.165, 1.54) is 11.4 Å². The van der Waals surface area contributed by atoms with Gasteiger partial charge in [-0.1, -0.05) is 36.4 Å². The Morgan fingerprint density at radius 2 is 1.06 bits per heavy atom. The van der Waals surface area contributed by atoms with Crippen molar-refractivity contribution in [1.29, 1.82) is 0 Å². The summed E-state index contributed by atoms with van der Waals surface area (Å²) >= 11 is 7.24. The fourth-order valence-corrected chi connectivity index (χ4v) is 4.28. The van der Waals surface area contributed by atoms with Crippen LogP contribution in [0.3, 0.4) is 0 Å². The van der Waals surface area contributed by atoms with Crippen LogP contribution in [0.1, 0.15) is 0 Å². The summed E-state index contributed by atoms with van der Waals surface area (Å²) in [5.74, 6) is 0. The molecule has 0 saturated heterocycles. The Balaban J connectivity index is 2.40. The molecular formula is C12H10Br2NP. The summed E-state index contributed by atoms with van der Waals surface area (Å²) < 4.78 is 2.23. The zero-order valence-electron chi connectivity index (χ0n) is 8.42. The molecule has 0 aliphatic carbocycles. The van der Waals surface area contributed by atoms with Crippen LogP contribution in [0.15, 0.2) is 60.7 Å². The molecule has 0 N–H and O–H groups in total. The van der Waals surface area contributed by atoms with Crippen LogP contribution in [0, 0.1) is 0 Å². The van der Waals surface area contributed by atoms with Crippen molar-refractivity contribution in [2.75, 3.05) is 4.67 Å². The van der Waals surface area contributed by atoms with Crippen molar-refractivity contribution < 1.29 is 0 Å². The maximum atomic E-state index is 3.62. The van der Waals surface area contributed by atoms with E-state index in [9.17, 15) is 0 Å². The molecule has 82 valence electrons. The Hall–Kier alpha value is -0.370. The minimum absolute atomic E-state index is 0.558. The number of nitrogens with zero attached hydrogens (tertiary/aromatic N) is 1. The summed E-state index contributed by atoms with van der Waals surface area (Å²) in [6.07, 6.45) is 0. The fourth-order valence-electron chi connectivity index (χ4n) is 1.46. The van der Waals surface area contributed by atoms with E-state index >= 15 is 0 Å². The Morgan fingerprint density at radius 3 is 1.38 bits per heavy atom. The van der Waals surface area contributed by atoms with E-state index in [0.29, 0.717) is 0 Å². The zero-order chi connectivity index (χ0) is 11.4. The van der Waals surface area contributed by atoms with E-state index in [0.717, 1.165) is 0 Å². The summed E-state index contributed by atoms with van der Waals surface area (Å²) in [5.41, 5.74) is 1.79.